The summed E-state index contributed by atoms with van der Waals surface area (Å²) < 4.78 is 17.3. The molecule has 0 saturated heterocycles. The Kier molecular flexibility index (Phi) is 4.44. The van der Waals surface area contributed by atoms with E-state index in [1.807, 2.05) is 12.1 Å². The van der Waals surface area contributed by atoms with Gasteiger partial charge in [-0.15, -0.1) is 0 Å². The summed E-state index contributed by atoms with van der Waals surface area (Å²) in [5.41, 5.74) is 6.01. The first-order chi connectivity index (χ1) is 12.7. The quantitative estimate of drug-likeness (QED) is 0.664. The number of benzene rings is 2. The standard InChI is InChI=1S/C17H14ClN3O4S/c1-23-12-7-6-9(18)15-14(12)19-17(26-15)21-20-16(22)13-8-24-10-4-2-3-5-11(10)25-13/h2-7,13H,8H2,1H3,(H,19,21)(H,20,22). The smallest absolute Gasteiger partial charge is 0.283 e. The van der Waals surface area contributed by atoms with Gasteiger partial charge in [0.15, 0.2) is 11.5 Å². The predicted octanol–water partition coefficient (Wildman–Crippen LogP) is 3.24. The van der Waals surface area contributed by atoms with Gasteiger partial charge in [0.1, 0.15) is 17.9 Å². The first kappa shape index (κ1) is 16.7. The topological polar surface area (TPSA) is 81.7 Å². The molecule has 1 unspecified atom stereocenters. The Bertz CT molecular complexity index is 978. The zero-order valence-corrected chi connectivity index (χ0v) is 15.2. The van der Waals surface area contributed by atoms with Crippen LogP contribution in [0.1, 0.15) is 0 Å². The van der Waals surface area contributed by atoms with Gasteiger partial charge in [0.05, 0.1) is 16.8 Å². The number of carbonyl (C=O) groups is 1. The van der Waals surface area contributed by atoms with Crippen molar-refractivity contribution in [2.75, 3.05) is 19.1 Å². The van der Waals surface area contributed by atoms with E-state index in [1.165, 1.54) is 11.3 Å². The number of ether oxygens (including phenoxy) is 3. The Morgan fingerprint density at radius 3 is 2.92 bits per heavy atom. The second-order valence-corrected chi connectivity index (χ2v) is 6.83. The number of hydrogen-bond acceptors (Lipinski definition) is 7. The number of hydrogen-bond donors (Lipinski definition) is 2. The minimum atomic E-state index is -0.759. The van der Waals surface area contributed by atoms with Crippen LogP contribution in [0.5, 0.6) is 17.2 Å². The van der Waals surface area contributed by atoms with Gasteiger partial charge < -0.3 is 14.2 Å². The molecule has 0 fully saturated rings. The number of halogens is 1. The zero-order chi connectivity index (χ0) is 18.1. The molecule has 1 aromatic heterocycles. The van der Waals surface area contributed by atoms with Gasteiger partial charge in [0.2, 0.25) is 11.2 Å². The van der Waals surface area contributed by atoms with Gasteiger partial charge in [0.25, 0.3) is 5.91 Å². The van der Waals surface area contributed by atoms with Gasteiger partial charge in [0, 0.05) is 0 Å². The number of para-hydroxylation sites is 2. The summed E-state index contributed by atoms with van der Waals surface area (Å²) in [5.74, 6) is 1.41. The molecular weight excluding hydrogens is 378 g/mol. The monoisotopic (exact) mass is 391 g/mol. The predicted molar refractivity (Wildman–Crippen MR) is 99.3 cm³/mol. The van der Waals surface area contributed by atoms with E-state index >= 15 is 0 Å². The molecule has 2 aromatic carbocycles. The number of methoxy groups -OCH3 is 1. The van der Waals surface area contributed by atoms with Crippen molar-refractivity contribution in [2.24, 2.45) is 0 Å². The minimum Gasteiger partial charge on any atom is -0.494 e. The Hall–Kier alpha value is -2.71. The number of nitrogens with one attached hydrogen (secondary N) is 2. The number of fused-ring (bicyclic) bond motifs is 2. The molecule has 0 radical (unpaired) electrons. The van der Waals surface area contributed by atoms with Gasteiger partial charge in [-0.05, 0) is 24.3 Å². The highest BCUT2D eigenvalue weighted by Gasteiger charge is 2.27. The van der Waals surface area contributed by atoms with Crippen LogP contribution in [0.2, 0.25) is 5.02 Å². The fourth-order valence-corrected chi connectivity index (χ4v) is 3.62. The molecule has 4 rings (SSSR count). The summed E-state index contributed by atoms with van der Waals surface area (Å²) in [4.78, 5) is 16.7. The van der Waals surface area contributed by atoms with Crippen molar-refractivity contribution in [1.82, 2.24) is 10.4 Å². The molecular formula is C17H14ClN3O4S. The number of rotatable bonds is 4. The van der Waals surface area contributed by atoms with Crippen LogP contribution in [0, 0.1) is 0 Å². The lowest BCUT2D eigenvalue weighted by molar-refractivity contribution is -0.129. The highest BCUT2D eigenvalue weighted by atomic mass is 35.5. The Morgan fingerprint density at radius 2 is 2.12 bits per heavy atom. The first-order valence-corrected chi connectivity index (χ1v) is 8.92. The third-order valence-corrected chi connectivity index (χ3v) is 5.20. The van der Waals surface area contributed by atoms with Crippen molar-refractivity contribution in [3.8, 4) is 17.2 Å². The number of nitrogens with zero attached hydrogens (tertiary/aromatic N) is 1. The number of carbonyl (C=O) groups excluding carboxylic acids is 1. The molecule has 0 spiro atoms. The number of thiazole rings is 1. The van der Waals surface area contributed by atoms with Gasteiger partial charge in [-0.3, -0.25) is 15.6 Å². The Balaban J connectivity index is 1.45. The van der Waals surface area contributed by atoms with E-state index in [0.29, 0.717) is 32.9 Å². The maximum absolute atomic E-state index is 12.3. The molecule has 3 aromatic rings. The molecule has 0 bridgehead atoms. The second kappa shape index (κ2) is 6.89. The fourth-order valence-electron chi connectivity index (χ4n) is 2.51. The molecule has 9 heteroatoms. The van der Waals surface area contributed by atoms with Crippen molar-refractivity contribution >= 4 is 44.2 Å². The molecule has 0 aliphatic carbocycles. The van der Waals surface area contributed by atoms with Crippen molar-refractivity contribution < 1.29 is 19.0 Å². The van der Waals surface area contributed by atoms with Crippen LogP contribution >= 0.6 is 22.9 Å². The normalized spacial score (nSPS) is 15.5. The van der Waals surface area contributed by atoms with Crippen LogP contribution in [-0.4, -0.2) is 30.7 Å². The molecule has 2 heterocycles. The molecule has 1 atom stereocenters. The minimum absolute atomic E-state index is 0.129. The van der Waals surface area contributed by atoms with E-state index in [1.54, 1.807) is 31.4 Å². The summed E-state index contributed by atoms with van der Waals surface area (Å²) in [6.07, 6.45) is -0.759. The van der Waals surface area contributed by atoms with Crippen LogP contribution in [0.25, 0.3) is 10.2 Å². The average molecular weight is 392 g/mol. The molecule has 134 valence electrons. The lowest BCUT2D eigenvalue weighted by Crippen LogP contribution is -2.45. The van der Waals surface area contributed by atoms with Crippen LogP contribution < -0.4 is 25.1 Å². The van der Waals surface area contributed by atoms with Crippen LogP contribution in [-0.2, 0) is 4.79 Å². The summed E-state index contributed by atoms with van der Waals surface area (Å²) >= 11 is 7.50. The van der Waals surface area contributed by atoms with E-state index in [9.17, 15) is 4.79 Å². The van der Waals surface area contributed by atoms with Crippen molar-refractivity contribution in [1.29, 1.82) is 0 Å². The molecule has 26 heavy (non-hydrogen) atoms. The van der Waals surface area contributed by atoms with Crippen LogP contribution in [0.4, 0.5) is 5.13 Å². The summed E-state index contributed by atoms with van der Waals surface area (Å²) in [6, 6.07) is 10.7. The van der Waals surface area contributed by atoms with E-state index in [2.05, 4.69) is 15.8 Å². The number of hydrazine groups is 1. The lowest BCUT2D eigenvalue weighted by Gasteiger charge is -2.25. The lowest BCUT2D eigenvalue weighted by atomic mass is 10.2. The maximum atomic E-state index is 12.3. The fraction of sp³-hybridized carbons (Fsp3) is 0.176. The number of anilines is 1. The average Bonchev–Trinajstić information content (AvgIpc) is 3.11. The molecule has 2 N–H and O–H groups in total. The molecule has 1 amide bonds. The number of amides is 1. The summed E-state index contributed by atoms with van der Waals surface area (Å²) in [5, 5.41) is 1.05. The summed E-state index contributed by atoms with van der Waals surface area (Å²) in [7, 11) is 1.56. The van der Waals surface area contributed by atoms with E-state index in [4.69, 9.17) is 25.8 Å². The molecule has 0 saturated carbocycles. The summed E-state index contributed by atoms with van der Waals surface area (Å²) in [6.45, 7) is 0.129. The molecule has 7 nitrogen and oxygen atoms in total. The van der Waals surface area contributed by atoms with E-state index in [-0.39, 0.29) is 12.5 Å². The zero-order valence-electron chi connectivity index (χ0n) is 13.6. The highest BCUT2D eigenvalue weighted by molar-refractivity contribution is 7.22. The number of aromatic nitrogens is 1. The Labute approximate surface area is 157 Å². The molecule has 1 aliphatic heterocycles. The van der Waals surface area contributed by atoms with Crippen LogP contribution in [0.3, 0.4) is 0 Å². The second-order valence-electron chi connectivity index (χ2n) is 5.42. The van der Waals surface area contributed by atoms with Crippen molar-refractivity contribution in [2.45, 2.75) is 6.10 Å². The first-order valence-electron chi connectivity index (χ1n) is 7.73. The van der Waals surface area contributed by atoms with E-state index < -0.39 is 6.10 Å². The third kappa shape index (κ3) is 3.09. The SMILES string of the molecule is COc1ccc(Cl)c2sc(NNC(=O)C3COc4ccccc4O3)nc12. The third-order valence-electron chi connectivity index (χ3n) is 3.77. The maximum Gasteiger partial charge on any atom is 0.283 e. The van der Waals surface area contributed by atoms with Crippen LogP contribution in [0.15, 0.2) is 36.4 Å². The van der Waals surface area contributed by atoms with Gasteiger partial charge in [-0.2, -0.15) is 0 Å². The molecule has 1 aliphatic rings. The largest absolute Gasteiger partial charge is 0.494 e. The van der Waals surface area contributed by atoms with Gasteiger partial charge >= 0.3 is 0 Å². The van der Waals surface area contributed by atoms with Crippen molar-refractivity contribution in [3.05, 3.63) is 41.4 Å². The highest BCUT2D eigenvalue weighted by Crippen LogP contribution is 2.37. The van der Waals surface area contributed by atoms with Gasteiger partial charge in [-0.1, -0.05) is 35.1 Å². The van der Waals surface area contributed by atoms with E-state index in [0.717, 1.165) is 4.70 Å². The Morgan fingerprint density at radius 1 is 1.31 bits per heavy atom. The van der Waals surface area contributed by atoms with Crippen molar-refractivity contribution in [3.63, 3.8) is 0 Å². The van der Waals surface area contributed by atoms with Gasteiger partial charge in [-0.25, -0.2) is 4.98 Å².